The van der Waals surface area contributed by atoms with Crippen molar-refractivity contribution in [1.82, 2.24) is 4.72 Å². The minimum absolute atomic E-state index is 0.0420. The van der Waals surface area contributed by atoms with Crippen molar-refractivity contribution in [2.45, 2.75) is 36.8 Å². The number of hydrogen-bond acceptors (Lipinski definition) is 5. The number of rotatable bonds is 4. The summed E-state index contributed by atoms with van der Waals surface area (Å²) in [5, 5.41) is 0. The fraction of sp³-hybridized carbons (Fsp3) is 0.538. The molecule has 1 saturated heterocycles. The zero-order valence-corrected chi connectivity index (χ0v) is 12.7. The van der Waals surface area contributed by atoms with Gasteiger partial charge in [-0.2, -0.15) is 0 Å². The van der Waals surface area contributed by atoms with Gasteiger partial charge in [-0.1, -0.05) is 0 Å². The molecule has 0 aliphatic carbocycles. The highest BCUT2D eigenvalue weighted by Crippen LogP contribution is 2.31. The first-order valence-electron chi connectivity index (χ1n) is 6.37. The van der Waals surface area contributed by atoms with E-state index in [1.807, 2.05) is 13.8 Å². The molecule has 1 heterocycles. The lowest BCUT2D eigenvalue weighted by Gasteiger charge is -2.28. The van der Waals surface area contributed by atoms with Gasteiger partial charge in [0.2, 0.25) is 10.0 Å². The number of nitrogens with two attached hydrogens (primary N) is 1. The van der Waals surface area contributed by atoms with Crippen LogP contribution >= 0.6 is 0 Å². The van der Waals surface area contributed by atoms with Gasteiger partial charge in [0, 0.05) is 12.3 Å². The van der Waals surface area contributed by atoms with Gasteiger partial charge >= 0.3 is 0 Å². The Kier molecular flexibility index (Phi) is 3.95. The van der Waals surface area contributed by atoms with E-state index in [9.17, 15) is 8.42 Å². The maximum absolute atomic E-state index is 12.6. The number of ether oxygens (including phenoxy) is 2. The van der Waals surface area contributed by atoms with Gasteiger partial charge in [0.1, 0.15) is 10.6 Å². The third kappa shape index (κ3) is 2.74. The standard InChI is InChI=1S/C13H20N2O4S/c1-9-13(2,6-7-19-9)15-20(16,17)12-8-10(14)4-5-11(12)18-3/h4-5,8-9,15H,6-7,14H2,1-3H3. The van der Waals surface area contributed by atoms with Crippen molar-refractivity contribution in [2.75, 3.05) is 19.5 Å². The Morgan fingerprint density at radius 3 is 2.75 bits per heavy atom. The molecule has 3 N–H and O–H groups in total. The summed E-state index contributed by atoms with van der Waals surface area (Å²) in [4.78, 5) is 0.0420. The predicted molar refractivity (Wildman–Crippen MR) is 76.2 cm³/mol. The van der Waals surface area contributed by atoms with E-state index < -0.39 is 15.6 Å². The third-order valence-electron chi connectivity index (χ3n) is 3.73. The van der Waals surface area contributed by atoms with E-state index in [4.69, 9.17) is 15.2 Å². The molecule has 1 aliphatic rings. The van der Waals surface area contributed by atoms with E-state index in [0.29, 0.717) is 18.7 Å². The molecule has 6 nitrogen and oxygen atoms in total. The quantitative estimate of drug-likeness (QED) is 0.813. The monoisotopic (exact) mass is 300 g/mol. The van der Waals surface area contributed by atoms with Gasteiger partial charge < -0.3 is 15.2 Å². The van der Waals surface area contributed by atoms with Crippen molar-refractivity contribution in [3.63, 3.8) is 0 Å². The molecule has 0 aromatic heterocycles. The molecule has 1 aromatic carbocycles. The zero-order valence-electron chi connectivity index (χ0n) is 11.8. The Hall–Kier alpha value is -1.31. The second-order valence-corrected chi connectivity index (χ2v) is 6.85. The molecule has 2 rings (SSSR count). The second kappa shape index (κ2) is 5.23. The summed E-state index contributed by atoms with van der Waals surface area (Å²) in [7, 11) is -2.31. The number of methoxy groups -OCH3 is 1. The summed E-state index contributed by atoms with van der Waals surface area (Å²) in [6.45, 7) is 4.22. The molecule has 20 heavy (non-hydrogen) atoms. The van der Waals surface area contributed by atoms with Crippen molar-refractivity contribution in [1.29, 1.82) is 0 Å². The molecule has 2 atom stereocenters. The first kappa shape index (κ1) is 15.1. The van der Waals surface area contributed by atoms with Crippen LogP contribution in [0.2, 0.25) is 0 Å². The lowest BCUT2D eigenvalue weighted by Crippen LogP contribution is -2.50. The van der Waals surface area contributed by atoms with Crippen LogP contribution in [-0.2, 0) is 14.8 Å². The van der Waals surface area contributed by atoms with Crippen molar-refractivity contribution in [3.8, 4) is 5.75 Å². The number of nitrogen functional groups attached to an aromatic ring is 1. The zero-order chi connectivity index (χ0) is 15.0. The molecule has 2 unspecified atom stereocenters. The fourth-order valence-corrected chi connectivity index (χ4v) is 3.93. The first-order chi connectivity index (χ1) is 9.28. The normalized spacial score (nSPS) is 26.6. The molecule has 0 spiro atoms. The molecular formula is C13H20N2O4S. The van der Waals surface area contributed by atoms with Crippen LogP contribution in [-0.4, -0.2) is 33.8 Å². The van der Waals surface area contributed by atoms with E-state index in [-0.39, 0.29) is 16.7 Å². The van der Waals surface area contributed by atoms with Crippen LogP contribution in [0.3, 0.4) is 0 Å². The Morgan fingerprint density at radius 2 is 2.20 bits per heavy atom. The van der Waals surface area contributed by atoms with Gasteiger partial charge in [0.05, 0.1) is 18.8 Å². The highest BCUT2D eigenvalue weighted by Gasteiger charge is 2.41. The van der Waals surface area contributed by atoms with Crippen LogP contribution in [0, 0.1) is 0 Å². The van der Waals surface area contributed by atoms with Crippen molar-refractivity contribution < 1.29 is 17.9 Å². The SMILES string of the molecule is COc1ccc(N)cc1S(=O)(=O)NC1(C)CCOC1C. The van der Waals surface area contributed by atoms with E-state index in [1.54, 1.807) is 12.1 Å². The van der Waals surface area contributed by atoms with Crippen molar-refractivity contribution in [2.24, 2.45) is 0 Å². The summed E-state index contributed by atoms with van der Waals surface area (Å²) in [6.07, 6.45) is 0.433. The minimum Gasteiger partial charge on any atom is -0.495 e. The summed E-state index contributed by atoms with van der Waals surface area (Å²) in [5.41, 5.74) is 5.41. The Morgan fingerprint density at radius 1 is 1.50 bits per heavy atom. The number of benzene rings is 1. The molecule has 7 heteroatoms. The highest BCUT2D eigenvalue weighted by molar-refractivity contribution is 7.89. The lowest BCUT2D eigenvalue weighted by atomic mass is 9.97. The number of nitrogens with one attached hydrogen (secondary N) is 1. The van der Waals surface area contributed by atoms with Gasteiger partial charge in [-0.25, -0.2) is 13.1 Å². The maximum Gasteiger partial charge on any atom is 0.244 e. The van der Waals surface area contributed by atoms with E-state index in [1.165, 1.54) is 13.2 Å². The molecule has 1 fully saturated rings. The van der Waals surface area contributed by atoms with Crippen LogP contribution in [0.5, 0.6) is 5.75 Å². The largest absolute Gasteiger partial charge is 0.495 e. The van der Waals surface area contributed by atoms with Crippen LogP contribution in [0.25, 0.3) is 0 Å². The molecule has 112 valence electrons. The summed E-state index contributed by atoms with van der Waals surface area (Å²) >= 11 is 0. The molecule has 0 amide bonds. The summed E-state index contributed by atoms with van der Waals surface area (Å²) < 4.78 is 38.4. The van der Waals surface area contributed by atoms with E-state index in [0.717, 1.165) is 0 Å². The van der Waals surface area contributed by atoms with Gasteiger partial charge in [-0.3, -0.25) is 0 Å². The van der Waals surface area contributed by atoms with Crippen LogP contribution in [0.4, 0.5) is 5.69 Å². The van der Waals surface area contributed by atoms with Crippen LogP contribution in [0.15, 0.2) is 23.1 Å². The number of anilines is 1. The van der Waals surface area contributed by atoms with E-state index in [2.05, 4.69) is 4.72 Å². The first-order valence-corrected chi connectivity index (χ1v) is 7.86. The van der Waals surface area contributed by atoms with Gasteiger partial charge in [-0.05, 0) is 38.5 Å². The van der Waals surface area contributed by atoms with Gasteiger partial charge in [0.15, 0.2) is 0 Å². The van der Waals surface area contributed by atoms with Crippen molar-refractivity contribution in [3.05, 3.63) is 18.2 Å². The maximum atomic E-state index is 12.6. The molecule has 1 aliphatic heterocycles. The molecular weight excluding hydrogens is 280 g/mol. The topological polar surface area (TPSA) is 90.7 Å². The Labute approximate surface area is 119 Å². The average molecular weight is 300 g/mol. The lowest BCUT2D eigenvalue weighted by molar-refractivity contribution is 0.0957. The Balaban J connectivity index is 2.38. The molecule has 0 radical (unpaired) electrons. The molecule has 1 aromatic rings. The summed E-state index contributed by atoms with van der Waals surface area (Å²) in [6, 6.07) is 4.53. The fourth-order valence-electron chi connectivity index (χ4n) is 2.23. The van der Waals surface area contributed by atoms with Crippen LogP contribution < -0.4 is 15.2 Å². The van der Waals surface area contributed by atoms with Gasteiger partial charge in [-0.15, -0.1) is 0 Å². The molecule has 0 saturated carbocycles. The minimum atomic E-state index is -3.74. The predicted octanol–water partition coefficient (Wildman–Crippen LogP) is 1.12. The second-order valence-electron chi connectivity index (χ2n) is 5.20. The van der Waals surface area contributed by atoms with E-state index >= 15 is 0 Å². The molecule has 0 bridgehead atoms. The highest BCUT2D eigenvalue weighted by atomic mass is 32.2. The summed E-state index contributed by atoms with van der Waals surface area (Å²) in [5.74, 6) is 0.266. The Bertz CT molecular complexity index is 602. The van der Waals surface area contributed by atoms with Crippen molar-refractivity contribution >= 4 is 15.7 Å². The third-order valence-corrected chi connectivity index (χ3v) is 5.36. The number of hydrogen-bond donors (Lipinski definition) is 2. The van der Waals surface area contributed by atoms with Crippen LogP contribution in [0.1, 0.15) is 20.3 Å². The smallest absolute Gasteiger partial charge is 0.244 e. The average Bonchev–Trinajstić information content (AvgIpc) is 2.68. The van der Waals surface area contributed by atoms with Gasteiger partial charge in [0.25, 0.3) is 0 Å². The number of sulfonamides is 1.